The van der Waals surface area contributed by atoms with E-state index in [2.05, 4.69) is 17.0 Å². The second-order valence-corrected chi connectivity index (χ2v) is 8.53. The molecule has 0 aromatic heterocycles. The zero-order chi connectivity index (χ0) is 25.5. The molecule has 184 valence electrons. The van der Waals surface area contributed by atoms with Crippen molar-refractivity contribution in [1.82, 2.24) is 5.32 Å². The Labute approximate surface area is 212 Å². The predicted molar refractivity (Wildman–Crippen MR) is 133 cm³/mol. The number of unbranched alkanes of at least 4 members (excludes halogenated alkanes) is 3. The molecule has 8 nitrogen and oxygen atoms in total. The molecule has 3 rings (SSSR count). The highest BCUT2D eigenvalue weighted by Crippen LogP contribution is 2.35. The number of nitrogens with zero attached hydrogens (tertiary/aromatic N) is 1. The molecule has 35 heavy (non-hydrogen) atoms. The summed E-state index contributed by atoms with van der Waals surface area (Å²) in [6.45, 7) is 2.58. The highest BCUT2D eigenvalue weighted by molar-refractivity contribution is 6.40. The lowest BCUT2D eigenvalue weighted by Gasteiger charge is -2.26. The van der Waals surface area contributed by atoms with Gasteiger partial charge in [0.1, 0.15) is 5.57 Å². The summed E-state index contributed by atoms with van der Waals surface area (Å²) in [5, 5.41) is 2.60. The van der Waals surface area contributed by atoms with Gasteiger partial charge in [-0.15, -0.1) is 0 Å². The first-order valence-corrected chi connectivity index (χ1v) is 11.7. The minimum absolute atomic E-state index is 0.168. The standard InChI is InChI=1S/C25H24Cl2N2O6/c1-3-4-5-6-11-35-21-19(26)13-15(14-20(21)27)12-18-22(30)28-25(33)29(23(18)31)17-9-7-16(8-10-17)24(32)34-2/h7-10,12-14H,3-6,11H2,1-2H3,(H,28,30,33)/b18-12-. The number of carbonyl (C=O) groups excluding carboxylic acids is 4. The van der Waals surface area contributed by atoms with Gasteiger partial charge in [-0.2, -0.15) is 0 Å². The van der Waals surface area contributed by atoms with E-state index < -0.39 is 23.8 Å². The van der Waals surface area contributed by atoms with Gasteiger partial charge in [-0.1, -0.05) is 49.4 Å². The maximum absolute atomic E-state index is 13.1. The number of barbiturate groups is 1. The fourth-order valence-corrected chi connectivity index (χ4v) is 4.04. The maximum atomic E-state index is 13.1. The summed E-state index contributed by atoms with van der Waals surface area (Å²) in [4.78, 5) is 50.4. The lowest BCUT2D eigenvalue weighted by atomic mass is 10.1. The molecule has 2 aromatic rings. The van der Waals surface area contributed by atoms with Gasteiger partial charge in [0.15, 0.2) is 5.75 Å². The van der Waals surface area contributed by atoms with Crippen LogP contribution in [-0.4, -0.2) is 37.5 Å². The number of nitrogens with one attached hydrogen (secondary N) is 1. The molecule has 0 radical (unpaired) electrons. The van der Waals surface area contributed by atoms with Gasteiger partial charge in [0.2, 0.25) is 0 Å². The molecule has 0 spiro atoms. The molecular formula is C25H24Cl2N2O6. The number of amides is 4. The summed E-state index contributed by atoms with van der Waals surface area (Å²) < 4.78 is 10.4. The van der Waals surface area contributed by atoms with Crippen LogP contribution in [0, 0.1) is 0 Å². The maximum Gasteiger partial charge on any atom is 0.337 e. The molecule has 0 bridgehead atoms. The van der Waals surface area contributed by atoms with E-state index in [-0.39, 0.29) is 26.9 Å². The number of benzene rings is 2. The second-order valence-electron chi connectivity index (χ2n) is 7.72. The number of esters is 1. The van der Waals surface area contributed by atoms with Crippen LogP contribution < -0.4 is 15.0 Å². The monoisotopic (exact) mass is 518 g/mol. The number of carbonyl (C=O) groups is 4. The smallest absolute Gasteiger partial charge is 0.337 e. The van der Waals surface area contributed by atoms with Gasteiger partial charge in [0.25, 0.3) is 11.8 Å². The third-order valence-corrected chi connectivity index (χ3v) is 5.79. The van der Waals surface area contributed by atoms with Crippen molar-refractivity contribution < 1.29 is 28.7 Å². The number of anilines is 1. The van der Waals surface area contributed by atoms with Crippen LogP contribution in [0.5, 0.6) is 5.75 Å². The number of imide groups is 2. The Hall–Kier alpha value is -3.36. The van der Waals surface area contributed by atoms with E-state index in [9.17, 15) is 19.2 Å². The zero-order valence-corrected chi connectivity index (χ0v) is 20.7. The first-order chi connectivity index (χ1) is 16.8. The van der Waals surface area contributed by atoms with Crippen LogP contribution in [0.2, 0.25) is 10.0 Å². The Bertz CT molecular complexity index is 1150. The van der Waals surface area contributed by atoms with E-state index in [0.29, 0.717) is 17.9 Å². The van der Waals surface area contributed by atoms with Gasteiger partial charge in [-0.05, 0) is 54.5 Å². The van der Waals surface area contributed by atoms with Gasteiger partial charge in [0.05, 0.1) is 35.0 Å². The summed E-state index contributed by atoms with van der Waals surface area (Å²) in [5.74, 6) is -1.93. The molecule has 1 fully saturated rings. The second kappa shape index (κ2) is 11.9. The molecule has 10 heteroatoms. The van der Waals surface area contributed by atoms with Crippen LogP contribution in [0.25, 0.3) is 6.08 Å². The molecule has 1 aliphatic rings. The first kappa shape index (κ1) is 26.2. The SMILES string of the molecule is CCCCCCOc1c(Cl)cc(/C=C2/C(=O)NC(=O)N(c3ccc(C(=O)OC)cc3)C2=O)cc1Cl. The van der Waals surface area contributed by atoms with Crippen LogP contribution in [-0.2, 0) is 14.3 Å². The van der Waals surface area contributed by atoms with E-state index in [1.54, 1.807) is 0 Å². The normalized spacial score (nSPS) is 14.8. The Morgan fingerprint density at radius 3 is 2.29 bits per heavy atom. The van der Waals surface area contributed by atoms with Gasteiger partial charge in [-0.25, -0.2) is 14.5 Å². The van der Waals surface area contributed by atoms with Crippen molar-refractivity contribution in [1.29, 1.82) is 0 Å². The van der Waals surface area contributed by atoms with Crippen molar-refractivity contribution in [2.24, 2.45) is 0 Å². The Balaban J connectivity index is 1.84. The topological polar surface area (TPSA) is 102 Å². The van der Waals surface area contributed by atoms with Crippen molar-refractivity contribution in [3.63, 3.8) is 0 Å². The van der Waals surface area contributed by atoms with E-state index in [4.69, 9.17) is 27.9 Å². The van der Waals surface area contributed by atoms with Crippen molar-refractivity contribution >= 4 is 58.8 Å². The zero-order valence-electron chi connectivity index (χ0n) is 19.2. The van der Waals surface area contributed by atoms with Crippen molar-refractivity contribution in [2.75, 3.05) is 18.6 Å². The molecule has 0 atom stereocenters. The highest BCUT2D eigenvalue weighted by atomic mass is 35.5. The predicted octanol–water partition coefficient (Wildman–Crippen LogP) is 5.41. The number of hydrogen-bond donors (Lipinski definition) is 1. The van der Waals surface area contributed by atoms with Gasteiger partial charge >= 0.3 is 12.0 Å². The molecule has 1 aliphatic heterocycles. The third kappa shape index (κ3) is 6.21. The molecule has 0 saturated carbocycles. The number of hydrogen-bond acceptors (Lipinski definition) is 6. The number of urea groups is 1. The summed E-state index contributed by atoms with van der Waals surface area (Å²) >= 11 is 12.7. The molecule has 4 amide bonds. The van der Waals surface area contributed by atoms with Crippen LogP contribution in [0.3, 0.4) is 0 Å². The average Bonchev–Trinajstić information content (AvgIpc) is 2.83. The van der Waals surface area contributed by atoms with E-state index in [1.807, 2.05) is 0 Å². The molecule has 0 aliphatic carbocycles. The number of ether oxygens (including phenoxy) is 2. The van der Waals surface area contributed by atoms with Crippen LogP contribution >= 0.6 is 23.2 Å². The fourth-order valence-electron chi connectivity index (χ4n) is 3.43. The van der Waals surface area contributed by atoms with Crippen LogP contribution in [0.4, 0.5) is 10.5 Å². The average molecular weight is 519 g/mol. The van der Waals surface area contributed by atoms with Gasteiger partial charge in [-0.3, -0.25) is 14.9 Å². The summed E-state index contributed by atoms with van der Waals surface area (Å²) in [6.07, 6.45) is 5.42. The van der Waals surface area contributed by atoms with Gasteiger partial charge in [0, 0.05) is 0 Å². The summed E-state index contributed by atoms with van der Waals surface area (Å²) in [6, 6.07) is 7.74. The molecular weight excluding hydrogens is 495 g/mol. The number of halogens is 2. The van der Waals surface area contributed by atoms with Crippen molar-refractivity contribution in [3.05, 3.63) is 63.1 Å². The Kier molecular flexibility index (Phi) is 8.89. The van der Waals surface area contributed by atoms with E-state index >= 15 is 0 Å². The molecule has 2 aromatic carbocycles. The quantitative estimate of drug-likeness (QED) is 0.206. The first-order valence-electron chi connectivity index (χ1n) is 11.0. The Morgan fingerprint density at radius 1 is 1.03 bits per heavy atom. The number of rotatable bonds is 9. The minimum atomic E-state index is -0.911. The lowest BCUT2D eigenvalue weighted by Crippen LogP contribution is -2.54. The lowest BCUT2D eigenvalue weighted by molar-refractivity contribution is -0.122. The van der Waals surface area contributed by atoms with Gasteiger partial charge < -0.3 is 9.47 Å². The minimum Gasteiger partial charge on any atom is -0.490 e. The Morgan fingerprint density at radius 2 is 1.69 bits per heavy atom. The highest BCUT2D eigenvalue weighted by Gasteiger charge is 2.37. The van der Waals surface area contributed by atoms with Crippen molar-refractivity contribution in [2.45, 2.75) is 32.6 Å². The van der Waals surface area contributed by atoms with E-state index in [0.717, 1.165) is 30.6 Å². The largest absolute Gasteiger partial charge is 0.490 e. The number of methoxy groups -OCH3 is 1. The molecule has 1 heterocycles. The summed E-state index contributed by atoms with van der Waals surface area (Å²) in [7, 11) is 1.24. The van der Waals surface area contributed by atoms with E-state index in [1.165, 1.54) is 49.6 Å². The third-order valence-electron chi connectivity index (χ3n) is 5.22. The molecule has 0 unspecified atom stereocenters. The van der Waals surface area contributed by atoms with Crippen LogP contribution in [0.1, 0.15) is 48.5 Å². The summed E-state index contributed by atoms with van der Waals surface area (Å²) in [5.41, 5.74) is 0.500. The molecule has 1 N–H and O–H groups in total. The fraction of sp³-hybridized carbons (Fsp3) is 0.280. The van der Waals surface area contributed by atoms with Crippen molar-refractivity contribution in [3.8, 4) is 5.75 Å². The molecule has 1 saturated heterocycles. The van der Waals surface area contributed by atoms with Crippen LogP contribution in [0.15, 0.2) is 42.0 Å².